The van der Waals surface area contributed by atoms with Crippen LogP contribution in [0, 0.1) is 0 Å². The first-order valence-electron chi connectivity index (χ1n) is 2.28. The molecule has 0 aromatic carbocycles. The SMILES string of the molecule is CC(O)(N(N)N)C(F)(F)F. The van der Waals surface area contributed by atoms with Gasteiger partial charge in [0, 0.05) is 0 Å². The van der Waals surface area contributed by atoms with Crippen molar-refractivity contribution in [2.24, 2.45) is 11.7 Å². The highest BCUT2D eigenvalue weighted by Crippen LogP contribution is 2.29. The molecule has 0 radical (unpaired) electrons. The summed E-state index contributed by atoms with van der Waals surface area (Å²) >= 11 is 0. The van der Waals surface area contributed by atoms with E-state index in [-0.39, 0.29) is 5.12 Å². The van der Waals surface area contributed by atoms with Crippen molar-refractivity contribution in [1.29, 1.82) is 0 Å². The first kappa shape index (κ1) is 9.63. The van der Waals surface area contributed by atoms with Gasteiger partial charge in [-0.15, -0.1) is 5.12 Å². The molecule has 1 unspecified atom stereocenters. The van der Waals surface area contributed by atoms with Crippen molar-refractivity contribution in [3.05, 3.63) is 0 Å². The maximum absolute atomic E-state index is 11.6. The van der Waals surface area contributed by atoms with Crippen LogP contribution in [0.5, 0.6) is 0 Å². The highest BCUT2D eigenvalue weighted by molar-refractivity contribution is 4.75. The zero-order valence-electron chi connectivity index (χ0n) is 5.18. The van der Waals surface area contributed by atoms with Crippen LogP contribution >= 0.6 is 0 Å². The number of alkyl halides is 3. The Hall–Kier alpha value is -0.370. The fourth-order valence-corrected chi connectivity index (χ4v) is 0.146. The molecule has 0 amide bonds. The average molecular weight is 159 g/mol. The van der Waals surface area contributed by atoms with Crippen molar-refractivity contribution >= 4 is 0 Å². The molecule has 0 saturated carbocycles. The maximum atomic E-state index is 11.6. The van der Waals surface area contributed by atoms with Crippen molar-refractivity contribution in [2.75, 3.05) is 0 Å². The van der Waals surface area contributed by atoms with Crippen LogP contribution in [0.4, 0.5) is 13.2 Å². The quantitative estimate of drug-likeness (QED) is 0.269. The molecule has 4 nitrogen and oxygen atoms in total. The van der Waals surface area contributed by atoms with Crippen LogP contribution in [0.25, 0.3) is 0 Å². The van der Waals surface area contributed by atoms with Gasteiger partial charge in [-0.1, -0.05) is 0 Å². The molecule has 0 rings (SSSR count). The van der Waals surface area contributed by atoms with Crippen LogP contribution < -0.4 is 11.7 Å². The van der Waals surface area contributed by atoms with Crippen molar-refractivity contribution in [3.63, 3.8) is 0 Å². The van der Waals surface area contributed by atoms with E-state index in [0.717, 1.165) is 0 Å². The second-order valence-corrected chi connectivity index (χ2v) is 1.93. The predicted molar refractivity (Wildman–Crippen MR) is 26.9 cm³/mol. The minimum atomic E-state index is -4.85. The lowest BCUT2D eigenvalue weighted by molar-refractivity contribution is -0.310. The number of rotatable bonds is 1. The minimum absolute atomic E-state index is 0.299. The molecule has 62 valence electrons. The van der Waals surface area contributed by atoms with Gasteiger partial charge in [-0.25, -0.2) is 0 Å². The topological polar surface area (TPSA) is 75.5 Å². The molecular formula is C3H8F3N3O. The summed E-state index contributed by atoms with van der Waals surface area (Å²) in [5, 5.41) is 8.18. The monoisotopic (exact) mass is 159 g/mol. The predicted octanol–water partition coefficient (Wildman–Crippen LogP) is -0.693. The second kappa shape index (κ2) is 2.35. The number of aliphatic hydroxyl groups is 1. The summed E-state index contributed by atoms with van der Waals surface area (Å²) in [4.78, 5) is 0. The molecule has 7 heteroatoms. The fraction of sp³-hybridized carbons (Fsp3) is 1.00. The van der Waals surface area contributed by atoms with Gasteiger partial charge in [0.05, 0.1) is 0 Å². The highest BCUT2D eigenvalue weighted by Gasteiger charge is 2.53. The van der Waals surface area contributed by atoms with Crippen LogP contribution in [0.2, 0.25) is 0 Å². The van der Waals surface area contributed by atoms with E-state index in [9.17, 15) is 13.2 Å². The normalized spacial score (nSPS) is 19.2. The second-order valence-electron chi connectivity index (χ2n) is 1.93. The summed E-state index contributed by atoms with van der Waals surface area (Å²) in [6.07, 6.45) is -4.85. The molecule has 0 aromatic rings. The summed E-state index contributed by atoms with van der Waals surface area (Å²) in [6.45, 7) is 0.451. The third-order valence-electron chi connectivity index (χ3n) is 1.04. The molecule has 0 aliphatic carbocycles. The van der Waals surface area contributed by atoms with Gasteiger partial charge in [0.25, 0.3) is 0 Å². The van der Waals surface area contributed by atoms with Gasteiger partial charge in [-0.2, -0.15) is 13.2 Å². The fourth-order valence-electron chi connectivity index (χ4n) is 0.146. The number of hydrogen-bond acceptors (Lipinski definition) is 4. The highest BCUT2D eigenvalue weighted by atomic mass is 19.4. The van der Waals surface area contributed by atoms with E-state index in [2.05, 4.69) is 11.7 Å². The van der Waals surface area contributed by atoms with Gasteiger partial charge >= 0.3 is 6.18 Å². The number of hydrogen-bond donors (Lipinski definition) is 3. The third-order valence-corrected chi connectivity index (χ3v) is 1.04. The molecule has 0 aliphatic rings. The van der Waals surface area contributed by atoms with E-state index >= 15 is 0 Å². The van der Waals surface area contributed by atoms with Gasteiger partial charge in [0.2, 0.25) is 5.72 Å². The molecule has 0 spiro atoms. The average Bonchev–Trinajstić information content (AvgIpc) is 1.62. The Morgan fingerprint density at radius 1 is 1.30 bits per heavy atom. The van der Waals surface area contributed by atoms with Gasteiger partial charge in [-0.05, 0) is 6.92 Å². The van der Waals surface area contributed by atoms with Crippen molar-refractivity contribution in [1.82, 2.24) is 5.12 Å². The Morgan fingerprint density at radius 2 is 1.60 bits per heavy atom. The Labute approximate surface area is 55.1 Å². The van der Waals surface area contributed by atoms with E-state index < -0.39 is 11.9 Å². The van der Waals surface area contributed by atoms with Crippen molar-refractivity contribution < 1.29 is 18.3 Å². The maximum Gasteiger partial charge on any atom is 0.433 e. The van der Waals surface area contributed by atoms with E-state index in [0.29, 0.717) is 6.92 Å². The summed E-state index contributed by atoms with van der Waals surface area (Å²) in [7, 11) is 0. The zero-order valence-corrected chi connectivity index (χ0v) is 5.18. The number of nitrogens with zero attached hydrogens (tertiary/aromatic N) is 1. The molecule has 1 atom stereocenters. The van der Waals surface area contributed by atoms with Gasteiger partial charge in [-0.3, -0.25) is 11.7 Å². The summed E-state index contributed by atoms with van der Waals surface area (Å²) in [5.41, 5.74) is -3.17. The smallest absolute Gasteiger partial charge is 0.366 e. The standard InChI is InChI=1S/C3H8F3N3O/c1-2(10,9(7)8)3(4,5)6/h10H,7-8H2,1H3. The molecule has 0 aromatic heterocycles. The Morgan fingerprint density at radius 3 is 1.60 bits per heavy atom. The number of hydrazine groups is 2. The molecule has 0 bridgehead atoms. The molecule has 0 aliphatic heterocycles. The minimum Gasteiger partial charge on any atom is -0.366 e. The van der Waals surface area contributed by atoms with Gasteiger partial charge < -0.3 is 5.11 Å². The first-order valence-corrected chi connectivity index (χ1v) is 2.28. The van der Waals surface area contributed by atoms with E-state index in [1.807, 2.05) is 0 Å². The molecule has 0 fully saturated rings. The Balaban J connectivity index is 4.40. The van der Waals surface area contributed by atoms with Crippen LogP contribution in [0.1, 0.15) is 6.92 Å². The Bertz CT molecular complexity index is 121. The van der Waals surface area contributed by atoms with Crippen LogP contribution in [0.3, 0.4) is 0 Å². The van der Waals surface area contributed by atoms with E-state index in [4.69, 9.17) is 5.11 Å². The largest absolute Gasteiger partial charge is 0.433 e. The molecular weight excluding hydrogens is 151 g/mol. The molecule has 10 heavy (non-hydrogen) atoms. The van der Waals surface area contributed by atoms with E-state index in [1.165, 1.54) is 0 Å². The Kier molecular flexibility index (Phi) is 2.26. The lowest BCUT2D eigenvalue weighted by Crippen LogP contribution is -2.63. The van der Waals surface area contributed by atoms with Crippen LogP contribution in [-0.2, 0) is 0 Å². The molecule has 0 heterocycles. The van der Waals surface area contributed by atoms with Crippen molar-refractivity contribution in [3.8, 4) is 0 Å². The van der Waals surface area contributed by atoms with Gasteiger partial charge in [0.1, 0.15) is 0 Å². The van der Waals surface area contributed by atoms with Crippen LogP contribution in [-0.4, -0.2) is 22.1 Å². The zero-order chi connectivity index (χ0) is 8.58. The first-order chi connectivity index (χ1) is 4.19. The third kappa shape index (κ3) is 1.57. The van der Waals surface area contributed by atoms with Crippen molar-refractivity contribution in [2.45, 2.75) is 18.8 Å². The molecule has 0 saturated heterocycles. The van der Waals surface area contributed by atoms with E-state index in [1.54, 1.807) is 0 Å². The van der Waals surface area contributed by atoms with Gasteiger partial charge in [0.15, 0.2) is 0 Å². The summed E-state index contributed by atoms with van der Waals surface area (Å²) in [5.74, 6) is 8.99. The summed E-state index contributed by atoms with van der Waals surface area (Å²) in [6, 6.07) is 0. The van der Waals surface area contributed by atoms with Crippen LogP contribution in [0.15, 0.2) is 0 Å². The number of halogens is 3. The molecule has 5 N–H and O–H groups in total. The number of nitrogens with two attached hydrogens (primary N) is 2. The summed E-state index contributed by atoms with van der Waals surface area (Å²) < 4.78 is 34.9. The lowest BCUT2D eigenvalue weighted by atomic mass is 10.3. The lowest BCUT2D eigenvalue weighted by Gasteiger charge is -2.30.